The number of ether oxygens (including phenoxy) is 1. The first kappa shape index (κ1) is 19.7. The summed E-state index contributed by atoms with van der Waals surface area (Å²) in [7, 11) is 1.94. The van der Waals surface area contributed by atoms with E-state index < -0.39 is 5.97 Å². The van der Waals surface area contributed by atoms with Crippen molar-refractivity contribution in [2.24, 2.45) is 0 Å². The first-order valence-corrected chi connectivity index (χ1v) is 10.4. The first-order chi connectivity index (χ1) is 13.8. The molecule has 148 valence electrons. The third-order valence-electron chi connectivity index (χ3n) is 5.30. The third-order valence-corrected chi connectivity index (χ3v) is 6.96. The van der Waals surface area contributed by atoms with Gasteiger partial charge in [0.25, 0.3) is 0 Å². The lowest BCUT2D eigenvalue weighted by Crippen LogP contribution is -2.25. The van der Waals surface area contributed by atoms with Crippen LogP contribution >= 0.6 is 22.9 Å². The molecule has 0 fully saturated rings. The molecule has 2 heterocycles. The van der Waals surface area contributed by atoms with Crippen LogP contribution in [-0.2, 0) is 14.9 Å². The number of esters is 1. The van der Waals surface area contributed by atoms with E-state index in [0.717, 1.165) is 27.0 Å². The highest BCUT2D eigenvalue weighted by atomic mass is 35.5. The molecule has 29 heavy (non-hydrogen) atoms. The van der Waals surface area contributed by atoms with Crippen LogP contribution in [0.5, 0.6) is 0 Å². The lowest BCUT2D eigenvalue weighted by atomic mass is 9.83. The molecule has 0 radical (unpaired) electrons. The van der Waals surface area contributed by atoms with Crippen molar-refractivity contribution in [2.75, 3.05) is 18.6 Å². The second kappa shape index (κ2) is 7.32. The van der Waals surface area contributed by atoms with E-state index in [2.05, 4.69) is 19.9 Å². The Labute approximate surface area is 178 Å². The number of benzene rings is 2. The van der Waals surface area contributed by atoms with E-state index in [4.69, 9.17) is 16.3 Å². The molecule has 1 aromatic heterocycles. The van der Waals surface area contributed by atoms with Crippen LogP contribution in [0, 0.1) is 0 Å². The van der Waals surface area contributed by atoms with Crippen molar-refractivity contribution in [3.05, 3.63) is 75.8 Å². The maximum atomic E-state index is 12.6. The lowest BCUT2D eigenvalue weighted by molar-refractivity contribution is -0.117. The quantitative estimate of drug-likeness (QED) is 0.403. The Morgan fingerprint density at radius 1 is 1.14 bits per heavy atom. The Bertz CT molecular complexity index is 1160. The predicted octanol–water partition coefficient (Wildman–Crippen LogP) is 5.59. The highest BCUT2D eigenvalue weighted by Crippen LogP contribution is 2.46. The number of fused-ring (bicyclic) bond motifs is 2. The fourth-order valence-corrected chi connectivity index (χ4v) is 5.20. The van der Waals surface area contributed by atoms with Crippen LogP contribution in [0.1, 0.15) is 29.1 Å². The topological polar surface area (TPSA) is 46.6 Å². The van der Waals surface area contributed by atoms with Gasteiger partial charge in [0.05, 0.1) is 5.02 Å². The summed E-state index contributed by atoms with van der Waals surface area (Å²) in [5.74, 6) is -0.844. The zero-order valence-corrected chi connectivity index (χ0v) is 17.9. The number of anilines is 1. The Balaban J connectivity index is 1.50. The van der Waals surface area contributed by atoms with Crippen molar-refractivity contribution in [3.63, 3.8) is 0 Å². The Kier molecular flexibility index (Phi) is 4.97. The number of hydrogen-bond donors (Lipinski definition) is 0. The number of hydrogen-bond acceptors (Lipinski definition) is 5. The monoisotopic (exact) mass is 425 g/mol. The number of halogens is 1. The summed E-state index contributed by atoms with van der Waals surface area (Å²) in [6, 6.07) is 15.6. The number of allylic oxidation sites excluding steroid dienone is 1. The minimum absolute atomic E-state index is 0.265. The van der Waals surface area contributed by atoms with E-state index in [-0.39, 0.29) is 17.8 Å². The summed E-state index contributed by atoms with van der Waals surface area (Å²) in [5.41, 5.74) is 2.81. The molecule has 0 amide bonds. The molecule has 0 aliphatic carbocycles. The average Bonchev–Trinajstić information content (AvgIpc) is 3.15. The van der Waals surface area contributed by atoms with E-state index in [0.29, 0.717) is 9.90 Å². The summed E-state index contributed by atoms with van der Waals surface area (Å²) < 4.78 is 6.17. The first-order valence-electron chi connectivity index (χ1n) is 9.23. The zero-order valence-electron chi connectivity index (χ0n) is 16.4. The largest absolute Gasteiger partial charge is 0.453 e. The number of thiophene rings is 1. The van der Waals surface area contributed by atoms with Gasteiger partial charge >= 0.3 is 5.97 Å². The van der Waals surface area contributed by atoms with Crippen LogP contribution in [-0.4, -0.2) is 25.4 Å². The molecule has 0 unspecified atom stereocenters. The highest BCUT2D eigenvalue weighted by Gasteiger charge is 2.38. The fourth-order valence-electron chi connectivity index (χ4n) is 3.80. The Hall–Kier alpha value is -2.63. The number of likely N-dealkylation sites (N-methyl/N-ethyl adjacent to an activating group) is 1. The SMILES string of the molecule is CN1C(=CC(=O)COC(=O)c2sc3ccccc3c2Cl)C(C)(C)c2ccccc21. The standard InChI is InChI=1S/C23H20ClNO3S/c1-23(2)16-9-5-6-10-17(16)25(3)19(23)12-14(26)13-28-22(27)21-20(24)15-8-4-7-11-18(15)29-21/h4-12H,13H2,1-3H3. The molecule has 1 aliphatic rings. The van der Waals surface area contributed by atoms with E-state index in [9.17, 15) is 9.59 Å². The van der Waals surface area contributed by atoms with Crippen LogP contribution in [0.2, 0.25) is 5.02 Å². The van der Waals surface area contributed by atoms with E-state index in [1.165, 1.54) is 11.3 Å². The maximum absolute atomic E-state index is 12.6. The van der Waals surface area contributed by atoms with Crippen LogP contribution < -0.4 is 4.90 Å². The smallest absolute Gasteiger partial charge is 0.350 e. The van der Waals surface area contributed by atoms with Crippen LogP contribution in [0.4, 0.5) is 5.69 Å². The van der Waals surface area contributed by atoms with Gasteiger partial charge in [-0.25, -0.2) is 4.79 Å². The van der Waals surface area contributed by atoms with Gasteiger partial charge in [-0.1, -0.05) is 61.8 Å². The average molecular weight is 426 g/mol. The van der Waals surface area contributed by atoms with E-state index in [1.54, 1.807) is 6.08 Å². The molecule has 0 spiro atoms. The molecule has 0 atom stereocenters. The van der Waals surface area contributed by atoms with Crippen molar-refractivity contribution in [3.8, 4) is 0 Å². The van der Waals surface area contributed by atoms with Gasteiger partial charge in [-0.15, -0.1) is 11.3 Å². The zero-order chi connectivity index (χ0) is 20.8. The molecule has 3 aromatic rings. The second-order valence-electron chi connectivity index (χ2n) is 7.51. The third kappa shape index (κ3) is 3.34. The van der Waals surface area contributed by atoms with Gasteiger partial charge in [0.1, 0.15) is 4.88 Å². The minimum atomic E-state index is -0.578. The molecule has 0 saturated carbocycles. The van der Waals surface area contributed by atoms with E-state index >= 15 is 0 Å². The molecular weight excluding hydrogens is 406 g/mol. The molecule has 4 nitrogen and oxygen atoms in total. The number of nitrogens with zero attached hydrogens (tertiary/aromatic N) is 1. The van der Waals surface area contributed by atoms with Gasteiger partial charge < -0.3 is 9.64 Å². The maximum Gasteiger partial charge on any atom is 0.350 e. The fraction of sp³-hybridized carbons (Fsp3) is 0.217. The number of rotatable bonds is 4. The van der Waals surface area contributed by atoms with Gasteiger partial charge in [-0.2, -0.15) is 0 Å². The molecule has 0 bridgehead atoms. The minimum Gasteiger partial charge on any atom is -0.453 e. The summed E-state index contributed by atoms with van der Waals surface area (Å²) in [5, 5.41) is 1.18. The molecule has 6 heteroatoms. The summed E-state index contributed by atoms with van der Waals surface area (Å²) in [6.45, 7) is 3.84. The number of ketones is 1. The second-order valence-corrected chi connectivity index (χ2v) is 8.94. The normalized spacial score (nSPS) is 16.3. The van der Waals surface area contributed by atoms with Gasteiger partial charge in [-0.05, 0) is 17.7 Å². The number of carbonyl (C=O) groups excluding carboxylic acids is 2. The summed E-state index contributed by atoms with van der Waals surface area (Å²) >= 11 is 7.59. The van der Waals surface area contributed by atoms with Crippen LogP contribution in [0.3, 0.4) is 0 Å². The van der Waals surface area contributed by atoms with Crippen LogP contribution in [0.15, 0.2) is 60.3 Å². The van der Waals surface area contributed by atoms with Crippen molar-refractivity contribution in [1.82, 2.24) is 0 Å². The van der Waals surface area contributed by atoms with Crippen molar-refractivity contribution in [2.45, 2.75) is 19.3 Å². The van der Waals surface area contributed by atoms with Crippen LogP contribution in [0.25, 0.3) is 10.1 Å². The molecule has 0 N–H and O–H groups in total. The molecule has 0 saturated heterocycles. The van der Waals surface area contributed by atoms with E-state index in [1.807, 2.05) is 54.4 Å². The van der Waals surface area contributed by atoms with Gasteiger partial charge in [0, 0.05) is 40.0 Å². The Morgan fingerprint density at radius 3 is 2.55 bits per heavy atom. The van der Waals surface area contributed by atoms with Gasteiger partial charge in [-0.3, -0.25) is 4.79 Å². The summed E-state index contributed by atoms with van der Waals surface area (Å²) in [4.78, 5) is 27.4. The molecule has 1 aliphatic heterocycles. The highest BCUT2D eigenvalue weighted by molar-refractivity contribution is 7.21. The predicted molar refractivity (Wildman–Crippen MR) is 118 cm³/mol. The molecule has 4 rings (SSSR count). The Morgan fingerprint density at radius 2 is 1.83 bits per heavy atom. The number of para-hydroxylation sites is 1. The van der Waals surface area contributed by atoms with Crippen molar-refractivity contribution < 1.29 is 14.3 Å². The van der Waals surface area contributed by atoms with Gasteiger partial charge in [0.2, 0.25) is 0 Å². The van der Waals surface area contributed by atoms with Crippen molar-refractivity contribution in [1.29, 1.82) is 0 Å². The van der Waals surface area contributed by atoms with Crippen molar-refractivity contribution >= 4 is 50.5 Å². The summed E-state index contributed by atoms with van der Waals surface area (Å²) in [6.07, 6.45) is 1.57. The molecular formula is C23H20ClNO3S. The lowest BCUT2D eigenvalue weighted by Gasteiger charge is -2.23. The number of carbonyl (C=O) groups is 2. The van der Waals surface area contributed by atoms with Gasteiger partial charge in [0.15, 0.2) is 12.4 Å². The molecule has 2 aromatic carbocycles.